The zero-order chi connectivity index (χ0) is 20.2. The Bertz CT molecular complexity index is 1190. The maximum absolute atomic E-state index is 13.1. The Kier molecular flexibility index (Phi) is 5.74. The van der Waals surface area contributed by atoms with E-state index in [4.69, 9.17) is 27.9 Å². The summed E-state index contributed by atoms with van der Waals surface area (Å²) in [5, 5.41) is 1.11. The molecule has 0 atom stereocenters. The zero-order valence-corrected chi connectivity index (χ0v) is 16.7. The van der Waals surface area contributed by atoms with Gasteiger partial charge in [0.2, 0.25) is 5.88 Å². The maximum Gasteiger partial charge on any atom is 0.240 e. The topological polar surface area (TPSA) is 35.0 Å². The average Bonchev–Trinajstić information content (AvgIpc) is 2.72. The van der Waals surface area contributed by atoms with Crippen LogP contribution in [0.3, 0.4) is 0 Å². The minimum atomic E-state index is -0.289. The predicted molar refractivity (Wildman–Crippen MR) is 116 cm³/mol. The second-order valence-corrected chi connectivity index (χ2v) is 7.16. The molecule has 0 fully saturated rings. The fourth-order valence-electron chi connectivity index (χ4n) is 2.75. The van der Waals surface area contributed by atoms with Gasteiger partial charge in [0.15, 0.2) is 0 Å². The molecule has 0 spiro atoms. The van der Waals surface area contributed by atoms with E-state index in [0.29, 0.717) is 21.6 Å². The largest absolute Gasteiger partial charge is 0.471 e. The summed E-state index contributed by atoms with van der Waals surface area (Å²) >= 11 is 12.2. The summed E-state index contributed by atoms with van der Waals surface area (Å²) in [4.78, 5) is 9.25. The third kappa shape index (κ3) is 4.73. The number of hydrogen-bond donors (Lipinski definition) is 0. The normalized spacial score (nSPS) is 11.3. The minimum absolute atomic E-state index is 0.246. The molecule has 0 radical (unpaired) electrons. The highest BCUT2D eigenvalue weighted by molar-refractivity contribution is 6.35. The molecule has 4 rings (SSSR count). The van der Waals surface area contributed by atoms with Crippen LogP contribution in [-0.4, -0.2) is 9.97 Å². The molecule has 0 aliphatic rings. The van der Waals surface area contributed by atoms with Gasteiger partial charge in [0.25, 0.3) is 0 Å². The van der Waals surface area contributed by atoms with Crippen molar-refractivity contribution in [3.05, 3.63) is 99.4 Å². The van der Waals surface area contributed by atoms with Gasteiger partial charge in [0, 0.05) is 10.0 Å². The van der Waals surface area contributed by atoms with Gasteiger partial charge in [0.1, 0.15) is 18.1 Å². The first-order valence-corrected chi connectivity index (χ1v) is 9.61. The number of nitrogens with zero attached hydrogens (tertiary/aromatic N) is 2. The van der Waals surface area contributed by atoms with Crippen LogP contribution in [0.4, 0.5) is 4.39 Å². The molecule has 4 aromatic rings. The lowest BCUT2D eigenvalue weighted by Gasteiger charge is -2.09. The van der Waals surface area contributed by atoms with Crippen molar-refractivity contribution in [3.8, 4) is 5.88 Å². The molecular formula is C23H15Cl2FN2O. The SMILES string of the molecule is Fc1ccc(COc2nc3ccccc3nc2C=Cc2ccc(Cl)cc2Cl)cc1. The first kappa shape index (κ1) is 19.4. The molecule has 0 aliphatic carbocycles. The van der Waals surface area contributed by atoms with Crippen molar-refractivity contribution in [3.63, 3.8) is 0 Å². The van der Waals surface area contributed by atoms with Crippen LogP contribution in [0.15, 0.2) is 66.7 Å². The summed E-state index contributed by atoms with van der Waals surface area (Å²) in [7, 11) is 0. The number of benzene rings is 3. The second kappa shape index (κ2) is 8.60. The predicted octanol–water partition coefficient (Wildman–Crippen LogP) is 6.83. The molecule has 144 valence electrons. The number of aromatic nitrogens is 2. The smallest absolute Gasteiger partial charge is 0.240 e. The summed E-state index contributed by atoms with van der Waals surface area (Å²) in [5.74, 6) is 0.0945. The molecular weight excluding hydrogens is 410 g/mol. The third-order valence-electron chi connectivity index (χ3n) is 4.24. The number of halogens is 3. The van der Waals surface area contributed by atoms with Crippen molar-refractivity contribution >= 4 is 46.4 Å². The summed E-state index contributed by atoms with van der Waals surface area (Å²) in [5.41, 5.74) is 3.68. The van der Waals surface area contributed by atoms with Crippen LogP contribution in [-0.2, 0) is 6.61 Å². The summed E-state index contributed by atoms with van der Waals surface area (Å²) < 4.78 is 19.0. The van der Waals surface area contributed by atoms with E-state index in [0.717, 1.165) is 22.2 Å². The Balaban J connectivity index is 1.67. The quantitative estimate of drug-likeness (QED) is 0.352. The first-order valence-electron chi connectivity index (χ1n) is 8.86. The van der Waals surface area contributed by atoms with Gasteiger partial charge in [-0.25, -0.2) is 14.4 Å². The molecule has 1 aromatic heterocycles. The highest BCUT2D eigenvalue weighted by Gasteiger charge is 2.09. The van der Waals surface area contributed by atoms with E-state index in [1.165, 1.54) is 12.1 Å². The lowest BCUT2D eigenvalue weighted by molar-refractivity contribution is 0.293. The molecule has 3 aromatic carbocycles. The van der Waals surface area contributed by atoms with Crippen molar-refractivity contribution < 1.29 is 9.13 Å². The minimum Gasteiger partial charge on any atom is -0.471 e. The second-order valence-electron chi connectivity index (χ2n) is 6.32. The first-order chi connectivity index (χ1) is 14.1. The molecule has 0 unspecified atom stereocenters. The highest BCUT2D eigenvalue weighted by atomic mass is 35.5. The van der Waals surface area contributed by atoms with Gasteiger partial charge in [-0.3, -0.25) is 0 Å². The van der Waals surface area contributed by atoms with Crippen LogP contribution in [0.5, 0.6) is 5.88 Å². The number of rotatable bonds is 5. The number of hydrogen-bond acceptors (Lipinski definition) is 3. The molecule has 1 heterocycles. The van der Waals surface area contributed by atoms with Crippen molar-refractivity contribution in [1.82, 2.24) is 9.97 Å². The Morgan fingerprint density at radius 3 is 2.31 bits per heavy atom. The highest BCUT2D eigenvalue weighted by Crippen LogP contribution is 2.25. The monoisotopic (exact) mass is 424 g/mol. The summed E-state index contributed by atoms with van der Waals surface area (Å²) in [6.07, 6.45) is 3.64. The van der Waals surface area contributed by atoms with E-state index in [2.05, 4.69) is 9.97 Å². The van der Waals surface area contributed by atoms with E-state index >= 15 is 0 Å². The fraction of sp³-hybridized carbons (Fsp3) is 0.0435. The molecule has 0 saturated heterocycles. The summed E-state index contributed by atoms with van der Waals surface area (Å²) in [6, 6.07) is 19.0. The molecule has 0 N–H and O–H groups in total. The summed E-state index contributed by atoms with van der Waals surface area (Å²) in [6.45, 7) is 0.246. The number of para-hydroxylation sites is 2. The van der Waals surface area contributed by atoms with Crippen LogP contribution < -0.4 is 4.74 Å². The molecule has 0 amide bonds. The zero-order valence-electron chi connectivity index (χ0n) is 15.1. The van der Waals surface area contributed by atoms with Crippen molar-refractivity contribution in [2.24, 2.45) is 0 Å². The van der Waals surface area contributed by atoms with E-state index in [1.807, 2.05) is 36.4 Å². The molecule has 3 nitrogen and oxygen atoms in total. The average molecular weight is 425 g/mol. The molecule has 0 aliphatic heterocycles. The fourth-order valence-corrected chi connectivity index (χ4v) is 3.22. The van der Waals surface area contributed by atoms with Crippen LogP contribution in [0, 0.1) is 5.82 Å². The number of ether oxygens (including phenoxy) is 1. The maximum atomic E-state index is 13.1. The van der Waals surface area contributed by atoms with E-state index < -0.39 is 0 Å². The van der Waals surface area contributed by atoms with Crippen LogP contribution >= 0.6 is 23.2 Å². The molecule has 6 heteroatoms. The van der Waals surface area contributed by atoms with Gasteiger partial charge in [-0.1, -0.05) is 59.6 Å². The Hall–Kier alpha value is -2.95. The van der Waals surface area contributed by atoms with Crippen LogP contribution in [0.2, 0.25) is 10.0 Å². The standard InChI is InChI=1S/C23H15Cl2FN2O/c24-17-9-7-16(19(25)13-17)8-12-22-23(28-21-4-2-1-3-20(21)27-22)29-14-15-5-10-18(26)11-6-15/h1-13H,14H2. The van der Waals surface area contributed by atoms with Crippen LogP contribution in [0.1, 0.15) is 16.8 Å². The van der Waals surface area contributed by atoms with E-state index in [-0.39, 0.29) is 12.4 Å². The lowest BCUT2D eigenvalue weighted by atomic mass is 10.2. The lowest BCUT2D eigenvalue weighted by Crippen LogP contribution is -2.01. The molecule has 0 saturated carbocycles. The van der Waals surface area contributed by atoms with Gasteiger partial charge < -0.3 is 4.74 Å². The van der Waals surface area contributed by atoms with E-state index in [1.54, 1.807) is 30.3 Å². The van der Waals surface area contributed by atoms with Gasteiger partial charge >= 0.3 is 0 Å². The van der Waals surface area contributed by atoms with Crippen molar-refractivity contribution in [2.75, 3.05) is 0 Å². The Morgan fingerprint density at radius 2 is 1.59 bits per heavy atom. The van der Waals surface area contributed by atoms with Gasteiger partial charge in [0.05, 0.1) is 11.0 Å². The van der Waals surface area contributed by atoms with Gasteiger partial charge in [-0.15, -0.1) is 0 Å². The van der Waals surface area contributed by atoms with Crippen LogP contribution in [0.25, 0.3) is 23.2 Å². The molecule has 0 bridgehead atoms. The van der Waals surface area contributed by atoms with Crippen molar-refractivity contribution in [2.45, 2.75) is 6.61 Å². The van der Waals surface area contributed by atoms with E-state index in [9.17, 15) is 4.39 Å². The van der Waals surface area contributed by atoms with Gasteiger partial charge in [-0.2, -0.15) is 0 Å². The van der Waals surface area contributed by atoms with Gasteiger partial charge in [-0.05, 0) is 53.6 Å². The number of fused-ring (bicyclic) bond motifs is 1. The van der Waals surface area contributed by atoms with Crippen molar-refractivity contribution in [1.29, 1.82) is 0 Å². The Morgan fingerprint density at radius 1 is 0.862 bits per heavy atom. The third-order valence-corrected chi connectivity index (χ3v) is 4.80. The Labute approximate surface area is 177 Å². The molecule has 29 heavy (non-hydrogen) atoms.